The van der Waals surface area contributed by atoms with Gasteiger partial charge in [-0.2, -0.15) is 0 Å². The van der Waals surface area contributed by atoms with Crippen LogP contribution in [0.15, 0.2) is 23.5 Å². The number of oxime groups is 1. The van der Waals surface area contributed by atoms with Crippen molar-refractivity contribution in [1.82, 2.24) is 9.88 Å². The van der Waals surface area contributed by atoms with Gasteiger partial charge < -0.3 is 10.1 Å². The number of halogens is 1. The van der Waals surface area contributed by atoms with Crippen molar-refractivity contribution in [3.63, 3.8) is 0 Å². The molecule has 21 heavy (non-hydrogen) atoms. The first-order valence-corrected chi connectivity index (χ1v) is 7.94. The zero-order valence-corrected chi connectivity index (χ0v) is 13.6. The predicted octanol–water partition coefficient (Wildman–Crippen LogP) is 3.51. The number of pyridine rings is 1. The molecule has 1 N–H and O–H groups in total. The number of aromatic nitrogens is 1. The van der Waals surface area contributed by atoms with Crippen LogP contribution in [-0.2, 0) is 6.42 Å². The van der Waals surface area contributed by atoms with Crippen LogP contribution in [0.3, 0.4) is 0 Å². The lowest BCUT2D eigenvalue weighted by Gasteiger charge is -2.35. The van der Waals surface area contributed by atoms with E-state index >= 15 is 0 Å². The Labute approximate surface area is 131 Å². The molecule has 4 nitrogen and oxygen atoms in total. The third-order valence-electron chi connectivity index (χ3n) is 3.95. The first-order chi connectivity index (χ1) is 10.0. The summed E-state index contributed by atoms with van der Waals surface area (Å²) in [6.07, 6.45) is 6.52. The molecule has 0 unspecified atom stereocenters. The van der Waals surface area contributed by atoms with E-state index < -0.39 is 0 Å². The Morgan fingerprint density at radius 3 is 2.76 bits per heavy atom. The second-order valence-corrected chi connectivity index (χ2v) is 6.92. The lowest BCUT2D eigenvalue weighted by Crippen LogP contribution is -2.39. The van der Waals surface area contributed by atoms with E-state index in [0.717, 1.165) is 18.7 Å². The van der Waals surface area contributed by atoms with Crippen molar-refractivity contribution in [3.05, 3.63) is 29.6 Å². The summed E-state index contributed by atoms with van der Waals surface area (Å²) in [4.78, 5) is 6.97. The minimum Gasteiger partial charge on any atom is -0.410 e. The molecule has 116 valence electrons. The van der Waals surface area contributed by atoms with Crippen LogP contribution in [0.25, 0.3) is 0 Å². The molecule has 1 fully saturated rings. The van der Waals surface area contributed by atoms with Crippen LogP contribution < -0.4 is 0 Å². The van der Waals surface area contributed by atoms with Crippen molar-refractivity contribution in [3.8, 4) is 0 Å². The third kappa shape index (κ3) is 4.68. The number of likely N-dealkylation sites (tertiary alicyclic amines) is 1. The molecule has 1 aliphatic rings. The van der Waals surface area contributed by atoms with Gasteiger partial charge in [-0.05, 0) is 49.9 Å². The number of rotatable bonds is 5. The SMILES string of the molecule is CC(C)(Cc1ncccc1C(Cl)=NO)CN1CCCCC1. The predicted molar refractivity (Wildman–Crippen MR) is 86.2 cm³/mol. The Hall–Kier alpha value is -1.13. The zero-order chi connectivity index (χ0) is 15.3. The van der Waals surface area contributed by atoms with E-state index in [1.807, 2.05) is 12.1 Å². The first-order valence-electron chi connectivity index (χ1n) is 7.56. The van der Waals surface area contributed by atoms with Crippen LogP contribution in [0.4, 0.5) is 0 Å². The highest BCUT2D eigenvalue weighted by Crippen LogP contribution is 2.26. The molecule has 0 aliphatic carbocycles. The van der Waals surface area contributed by atoms with Gasteiger partial charge in [0, 0.05) is 18.3 Å². The summed E-state index contributed by atoms with van der Waals surface area (Å²) in [6.45, 7) is 7.94. The van der Waals surface area contributed by atoms with E-state index in [9.17, 15) is 0 Å². The van der Waals surface area contributed by atoms with Crippen LogP contribution in [0.2, 0.25) is 0 Å². The highest BCUT2D eigenvalue weighted by atomic mass is 35.5. The van der Waals surface area contributed by atoms with Gasteiger partial charge in [0.05, 0.1) is 5.69 Å². The van der Waals surface area contributed by atoms with Gasteiger partial charge in [0.25, 0.3) is 0 Å². The van der Waals surface area contributed by atoms with Crippen molar-refractivity contribution in [1.29, 1.82) is 0 Å². The highest BCUT2D eigenvalue weighted by Gasteiger charge is 2.25. The van der Waals surface area contributed by atoms with E-state index in [4.69, 9.17) is 16.8 Å². The lowest BCUT2D eigenvalue weighted by molar-refractivity contribution is 0.152. The summed E-state index contributed by atoms with van der Waals surface area (Å²) in [5.74, 6) is 0. The Balaban J connectivity index is 2.08. The van der Waals surface area contributed by atoms with E-state index in [-0.39, 0.29) is 10.6 Å². The number of piperidine rings is 1. The molecule has 0 spiro atoms. The summed E-state index contributed by atoms with van der Waals surface area (Å²) < 4.78 is 0. The van der Waals surface area contributed by atoms with Crippen LogP contribution >= 0.6 is 11.6 Å². The minimum atomic E-state index is 0.104. The van der Waals surface area contributed by atoms with E-state index in [1.54, 1.807) is 6.20 Å². The summed E-state index contributed by atoms with van der Waals surface area (Å²) in [6, 6.07) is 3.66. The van der Waals surface area contributed by atoms with Gasteiger partial charge in [0.15, 0.2) is 5.17 Å². The van der Waals surface area contributed by atoms with Gasteiger partial charge in [0.2, 0.25) is 0 Å². The van der Waals surface area contributed by atoms with E-state index in [0.29, 0.717) is 5.56 Å². The molecular weight excluding hydrogens is 286 g/mol. The fraction of sp³-hybridized carbons (Fsp3) is 0.625. The van der Waals surface area contributed by atoms with E-state index in [2.05, 4.69) is 28.9 Å². The molecule has 2 rings (SSSR count). The van der Waals surface area contributed by atoms with E-state index in [1.165, 1.54) is 32.4 Å². The molecular formula is C16H24ClN3O. The second-order valence-electron chi connectivity index (χ2n) is 6.57. The Morgan fingerprint density at radius 2 is 2.10 bits per heavy atom. The van der Waals surface area contributed by atoms with Crippen molar-refractivity contribution in [2.45, 2.75) is 39.5 Å². The Bertz CT molecular complexity index is 496. The van der Waals surface area contributed by atoms with Crippen molar-refractivity contribution in [2.24, 2.45) is 10.6 Å². The van der Waals surface area contributed by atoms with Crippen molar-refractivity contribution >= 4 is 16.8 Å². The topological polar surface area (TPSA) is 48.7 Å². The molecule has 2 heterocycles. The Kier molecular flexibility index (Phi) is 5.59. The molecule has 0 atom stereocenters. The van der Waals surface area contributed by atoms with Crippen LogP contribution in [0.1, 0.15) is 44.4 Å². The molecule has 0 radical (unpaired) electrons. The first kappa shape index (κ1) is 16.2. The van der Waals surface area contributed by atoms with Crippen molar-refractivity contribution in [2.75, 3.05) is 19.6 Å². The van der Waals surface area contributed by atoms with Gasteiger partial charge in [0.1, 0.15) is 0 Å². The fourth-order valence-electron chi connectivity index (χ4n) is 3.05. The molecule has 0 saturated carbocycles. The summed E-state index contributed by atoms with van der Waals surface area (Å²) in [7, 11) is 0. The normalized spacial score (nSPS) is 18.0. The molecule has 1 aromatic heterocycles. The molecule has 0 amide bonds. The summed E-state index contributed by atoms with van der Waals surface area (Å²) >= 11 is 5.97. The largest absolute Gasteiger partial charge is 0.410 e. The number of hydrogen-bond donors (Lipinski definition) is 1. The van der Waals surface area contributed by atoms with Crippen molar-refractivity contribution < 1.29 is 5.21 Å². The monoisotopic (exact) mass is 309 g/mol. The van der Waals surface area contributed by atoms with Gasteiger partial charge >= 0.3 is 0 Å². The molecule has 5 heteroatoms. The summed E-state index contributed by atoms with van der Waals surface area (Å²) in [5.41, 5.74) is 1.71. The van der Waals surface area contributed by atoms with Gasteiger partial charge in [-0.25, -0.2) is 0 Å². The standard InChI is InChI=1S/C16H24ClN3O/c1-16(2,12-20-9-4-3-5-10-20)11-14-13(15(17)19-21)7-6-8-18-14/h6-8,21H,3-5,9-12H2,1-2H3. The minimum absolute atomic E-state index is 0.104. The van der Waals surface area contributed by atoms with Gasteiger partial charge in [-0.1, -0.05) is 37.0 Å². The molecule has 0 aromatic carbocycles. The molecule has 1 aliphatic heterocycles. The highest BCUT2D eigenvalue weighted by molar-refractivity contribution is 6.69. The molecule has 1 saturated heterocycles. The third-order valence-corrected chi connectivity index (χ3v) is 4.23. The van der Waals surface area contributed by atoms with Gasteiger partial charge in [-0.15, -0.1) is 0 Å². The molecule has 1 aromatic rings. The zero-order valence-electron chi connectivity index (χ0n) is 12.8. The van der Waals surface area contributed by atoms with Crippen LogP contribution in [0.5, 0.6) is 0 Å². The average molecular weight is 310 g/mol. The lowest BCUT2D eigenvalue weighted by atomic mass is 9.85. The van der Waals surface area contributed by atoms with Gasteiger partial charge in [-0.3, -0.25) is 4.98 Å². The number of hydrogen-bond acceptors (Lipinski definition) is 4. The smallest absolute Gasteiger partial charge is 0.177 e. The fourth-order valence-corrected chi connectivity index (χ4v) is 3.22. The second kappa shape index (κ2) is 7.23. The maximum Gasteiger partial charge on any atom is 0.177 e. The number of nitrogens with zero attached hydrogens (tertiary/aromatic N) is 3. The Morgan fingerprint density at radius 1 is 1.38 bits per heavy atom. The maximum atomic E-state index is 8.89. The maximum absolute atomic E-state index is 8.89. The average Bonchev–Trinajstić information content (AvgIpc) is 2.47. The quantitative estimate of drug-likeness (QED) is 0.514. The van der Waals surface area contributed by atoms with Crippen LogP contribution in [0, 0.1) is 5.41 Å². The molecule has 0 bridgehead atoms. The van der Waals surface area contributed by atoms with Crippen LogP contribution in [-0.4, -0.2) is 39.9 Å². The summed E-state index contributed by atoms with van der Waals surface area (Å²) in [5, 5.41) is 12.1.